The fourth-order valence-electron chi connectivity index (χ4n) is 3.34. The molecule has 4 nitrogen and oxygen atoms in total. The lowest BCUT2D eigenvalue weighted by atomic mass is 9.82. The molecule has 0 aromatic heterocycles. The summed E-state index contributed by atoms with van der Waals surface area (Å²) in [5.74, 6) is 1.24. The van der Waals surface area contributed by atoms with Gasteiger partial charge in [-0.25, -0.2) is 0 Å². The molecule has 0 aliphatic heterocycles. The lowest BCUT2D eigenvalue weighted by Crippen LogP contribution is -2.25. The second-order valence-electron chi connectivity index (χ2n) is 6.66. The molecule has 0 saturated carbocycles. The summed E-state index contributed by atoms with van der Waals surface area (Å²) in [4.78, 5) is 13.0. The van der Waals surface area contributed by atoms with Crippen molar-refractivity contribution in [2.45, 2.75) is 45.1 Å². The number of aryl methyl sites for hydroxylation is 1. The third kappa shape index (κ3) is 3.95. The van der Waals surface area contributed by atoms with E-state index in [-0.39, 0.29) is 17.9 Å². The average Bonchev–Trinajstić information content (AvgIpc) is 2.62. The number of benzene rings is 2. The Kier molecular flexibility index (Phi) is 5.27. The smallest absolute Gasteiger partial charge is 0.232 e. The van der Waals surface area contributed by atoms with Gasteiger partial charge in [-0.15, -0.1) is 0 Å². The molecular weight excluding hydrogens is 314 g/mol. The molecule has 0 saturated heterocycles. The minimum absolute atomic E-state index is 0.00834. The van der Waals surface area contributed by atoms with Crippen LogP contribution in [0.15, 0.2) is 42.5 Å². The first-order valence-electron chi connectivity index (χ1n) is 8.82. The van der Waals surface area contributed by atoms with Crippen molar-refractivity contribution in [2.24, 2.45) is 0 Å². The minimum atomic E-state index is -0.122. The van der Waals surface area contributed by atoms with Gasteiger partial charge in [0.15, 0.2) is 0 Å². The van der Waals surface area contributed by atoms with Crippen LogP contribution < -0.4 is 14.8 Å². The van der Waals surface area contributed by atoms with Gasteiger partial charge in [-0.05, 0) is 56.4 Å². The molecule has 1 N–H and O–H groups in total. The zero-order valence-corrected chi connectivity index (χ0v) is 15.0. The van der Waals surface area contributed by atoms with Crippen LogP contribution in [-0.2, 0) is 11.2 Å². The normalized spacial score (nSPS) is 16.2. The van der Waals surface area contributed by atoms with Crippen molar-refractivity contribution in [2.75, 3.05) is 12.4 Å². The summed E-state index contributed by atoms with van der Waals surface area (Å²) < 4.78 is 11.1. The lowest BCUT2D eigenvalue weighted by molar-refractivity contribution is -0.117. The highest BCUT2D eigenvalue weighted by Crippen LogP contribution is 2.35. The summed E-state index contributed by atoms with van der Waals surface area (Å²) in [5.41, 5.74) is 3.07. The van der Waals surface area contributed by atoms with Gasteiger partial charge in [0.1, 0.15) is 11.5 Å². The number of carbonyl (C=O) groups is 1. The fraction of sp³-hybridized carbons (Fsp3) is 0.381. The zero-order valence-electron chi connectivity index (χ0n) is 15.0. The summed E-state index contributed by atoms with van der Waals surface area (Å²) >= 11 is 0. The predicted octanol–water partition coefficient (Wildman–Crippen LogP) is 4.54. The largest absolute Gasteiger partial charge is 0.497 e. The number of amides is 1. The number of hydrogen-bond donors (Lipinski definition) is 1. The summed E-state index contributed by atoms with van der Waals surface area (Å²) in [6, 6.07) is 13.7. The summed E-state index contributed by atoms with van der Waals surface area (Å²) in [6.07, 6.45) is 2.97. The molecular formula is C21H25NO3. The maximum Gasteiger partial charge on any atom is 0.232 e. The van der Waals surface area contributed by atoms with E-state index < -0.39 is 0 Å². The number of rotatable bonds is 5. The fourth-order valence-corrected chi connectivity index (χ4v) is 3.34. The van der Waals surface area contributed by atoms with Crippen LogP contribution in [0.3, 0.4) is 0 Å². The van der Waals surface area contributed by atoms with E-state index >= 15 is 0 Å². The molecule has 4 heteroatoms. The van der Waals surface area contributed by atoms with Crippen LogP contribution in [0.25, 0.3) is 0 Å². The average molecular weight is 339 g/mol. The Bertz CT molecular complexity index is 755. The van der Waals surface area contributed by atoms with Crippen molar-refractivity contribution in [1.29, 1.82) is 0 Å². The van der Waals surface area contributed by atoms with Crippen molar-refractivity contribution in [1.82, 2.24) is 0 Å². The molecule has 0 bridgehead atoms. The van der Waals surface area contributed by atoms with Crippen molar-refractivity contribution < 1.29 is 14.3 Å². The van der Waals surface area contributed by atoms with Gasteiger partial charge in [0.2, 0.25) is 5.91 Å². The van der Waals surface area contributed by atoms with E-state index in [1.165, 1.54) is 5.56 Å². The van der Waals surface area contributed by atoms with Gasteiger partial charge in [-0.2, -0.15) is 0 Å². The highest BCUT2D eigenvalue weighted by molar-refractivity contribution is 5.97. The second-order valence-corrected chi connectivity index (χ2v) is 6.66. The van der Waals surface area contributed by atoms with Crippen molar-refractivity contribution in [3.63, 3.8) is 0 Å². The highest BCUT2D eigenvalue weighted by atomic mass is 16.5. The van der Waals surface area contributed by atoms with Crippen LogP contribution in [0.2, 0.25) is 0 Å². The van der Waals surface area contributed by atoms with Gasteiger partial charge in [-0.1, -0.05) is 24.3 Å². The topological polar surface area (TPSA) is 47.6 Å². The Morgan fingerprint density at radius 1 is 1.20 bits per heavy atom. The highest BCUT2D eigenvalue weighted by Gasteiger charge is 2.27. The van der Waals surface area contributed by atoms with E-state index in [4.69, 9.17) is 9.47 Å². The molecule has 3 rings (SSSR count). The number of carbonyl (C=O) groups excluding carboxylic acids is 1. The van der Waals surface area contributed by atoms with Gasteiger partial charge < -0.3 is 14.8 Å². The van der Waals surface area contributed by atoms with Crippen molar-refractivity contribution in [3.8, 4) is 11.5 Å². The number of methoxy groups -OCH3 is 1. The molecule has 0 heterocycles. The first kappa shape index (κ1) is 17.3. The van der Waals surface area contributed by atoms with Crippen molar-refractivity contribution in [3.05, 3.63) is 53.6 Å². The molecule has 0 radical (unpaired) electrons. The molecule has 2 aromatic carbocycles. The molecule has 1 atom stereocenters. The summed E-state index contributed by atoms with van der Waals surface area (Å²) in [5, 5.41) is 3.06. The van der Waals surface area contributed by atoms with Crippen LogP contribution in [0, 0.1) is 0 Å². The van der Waals surface area contributed by atoms with Crippen LogP contribution in [-0.4, -0.2) is 19.1 Å². The lowest BCUT2D eigenvalue weighted by Gasteiger charge is -2.25. The van der Waals surface area contributed by atoms with Gasteiger partial charge in [0.25, 0.3) is 0 Å². The van der Waals surface area contributed by atoms with Gasteiger partial charge in [0, 0.05) is 6.07 Å². The van der Waals surface area contributed by atoms with Crippen LogP contribution in [0.5, 0.6) is 11.5 Å². The van der Waals surface area contributed by atoms with E-state index in [0.29, 0.717) is 17.2 Å². The van der Waals surface area contributed by atoms with Gasteiger partial charge in [0.05, 0.1) is 24.8 Å². The third-order valence-corrected chi connectivity index (χ3v) is 4.49. The van der Waals surface area contributed by atoms with E-state index in [0.717, 1.165) is 24.8 Å². The minimum Gasteiger partial charge on any atom is -0.497 e. The number of nitrogens with one attached hydrogen (secondary N) is 1. The first-order valence-corrected chi connectivity index (χ1v) is 8.82. The molecule has 0 spiro atoms. The standard InChI is InChI=1S/C21H25NO3/c1-14(2)25-20-12-11-16(24-3)13-19(20)22-21(23)18-10-6-8-15-7-4-5-9-17(15)18/h4-5,7,9,11-14,18H,6,8,10H2,1-3H3,(H,22,23). The number of ether oxygens (including phenoxy) is 2. The molecule has 1 amide bonds. The Morgan fingerprint density at radius 3 is 2.76 bits per heavy atom. The maximum atomic E-state index is 13.0. The van der Waals surface area contributed by atoms with Crippen molar-refractivity contribution >= 4 is 11.6 Å². The molecule has 2 aromatic rings. The predicted molar refractivity (Wildman–Crippen MR) is 99.5 cm³/mol. The molecule has 132 valence electrons. The Hall–Kier alpha value is -2.49. The van der Waals surface area contributed by atoms with E-state index in [9.17, 15) is 4.79 Å². The monoisotopic (exact) mass is 339 g/mol. The van der Waals surface area contributed by atoms with E-state index in [1.807, 2.05) is 44.2 Å². The Labute approximate surface area is 149 Å². The van der Waals surface area contributed by atoms with Crippen LogP contribution in [0.1, 0.15) is 43.7 Å². The summed E-state index contributed by atoms with van der Waals surface area (Å²) in [6.45, 7) is 3.93. The number of anilines is 1. The molecule has 1 unspecified atom stereocenters. The Balaban J connectivity index is 1.86. The zero-order chi connectivity index (χ0) is 17.8. The van der Waals surface area contributed by atoms with Crippen LogP contribution >= 0.6 is 0 Å². The van der Waals surface area contributed by atoms with E-state index in [2.05, 4.69) is 17.4 Å². The molecule has 25 heavy (non-hydrogen) atoms. The quantitative estimate of drug-likeness (QED) is 0.870. The number of fused-ring (bicyclic) bond motifs is 1. The Morgan fingerprint density at radius 2 is 2.00 bits per heavy atom. The second kappa shape index (κ2) is 7.60. The SMILES string of the molecule is COc1ccc(OC(C)C)c(NC(=O)C2CCCc3ccccc32)c1. The first-order chi connectivity index (χ1) is 12.1. The van der Waals surface area contributed by atoms with E-state index in [1.54, 1.807) is 7.11 Å². The molecule has 1 aliphatic carbocycles. The number of hydrogen-bond acceptors (Lipinski definition) is 3. The maximum absolute atomic E-state index is 13.0. The van der Waals surface area contributed by atoms with Gasteiger partial charge >= 0.3 is 0 Å². The third-order valence-electron chi connectivity index (χ3n) is 4.49. The summed E-state index contributed by atoms with van der Waals surface area (Å²) in [7, 11) is 1.61. The van der Waals surface area contributed by atoms with Gasteiger partial charge in [-0.3, -0.25) is 4.79 Å². The van der Waals surface area contributed by atoms with Crippen LogP contribution in [0.4, 0.5) is 5.69 Å². The molecule has 1 aliphatic rings. The molecule has 0 fully saturated rings.